The highest BCUT2D eigenvalue weighted by atomic mass is 32.2. The molecule has 0 saturated heterocycles. The highest BCUT2D eigenvalue weighted by Crippen LogP contribution is 1.84. The van der Waals surface area contributed by atoms with Gasteiger partial charge in [0.05, 0.1) is 12.3 Å². The first-order chi connectivity index (χ1) is 4.87. The van der Waals surface area contributed by atoms with Crippen LogP contribution in [0.5, 0.6) is 0 Å². The lowest BCUT2D eigenvalue weighted by Gasteiger charge is -2.09. The number of nitrogens with one attached hydrogen (secondary N) is 2. The lowest BCUT2D eigenvalue weighted by atomic mass is 10.3. The molecule has 1 unspecified atom stereocenters. The molecule has 11 heavy (non-hydrogen) atoms. The van der Waals surface area contributed by atoms with Crippen LogP contribution in [0.15, 0.2) is 0 Å². The summed E-state index contributed by atoms with van der Waals surface area (Å²) in [5.74, 6) is -0.351. The number of hydrogen-bond donors (Lipinski definition) is 2. The fourth-order valence-electron chi connectivity index (χ4n) is 0.591. The molecule has 1 amide bonds. The molecule has 5 nitrogen and oxygen atoms in total. The van der Waals surface area contributed by atoms with E-state index >= 15 is 0 Å². The maximum Gasteiger partial charge on any atom is 0.237 e. The lowest BCUT2D eigenvalue weighted by molar-refractivity contribution is -0.121. The minimum Gasteiger partial charge on any atom is -0.358 e. The van der Waals surface area contributed by atoms with E-state index in [2.05, 4.69) is 10.0 Å². The van der Waals surface area contributed by atoms with Gasteiger partial charge in [-0.25, -0.2) is 13.1 Å². The Labute approximate surface area is 66.2 Å². The van der Waals surface area contributed by atoms with Gasteiger partial charge in [0.25, 0.3) is 0 Å². The molecule has 0 spiro atoms. The minimum atomic E-state index is -3.29. The van der Waals surface area contributed by atoms with E-state index in [4.69, 9.17) is 0 Å². The van der Waals surface area contributed by atoms with Gasteiger partial charge in [-0.2, -0.15) is 0 Å². The maximum absolute atomic E-state index is 10.8. The average molecular weight is 180 g/mol. The predicted octanol–water partition coefficient (Wildman–Crippen LogP) is -1.33. The third kappa shape index (κ3) is 4.74. The van der Waals surface area contributed by atoms with Crippen LogP contribution in [0.4, 0.5) is 0 Å². The smallest absolute Gasteiger partial charge is 0.237 e. The van der Waals surface area contributed by atoms with E-state index in [1.54, 1.807) is 0 Å². The Balaban J connectivity index is 4.09. The van der Waals surface area contributed by atoms with Crippen LogP contribution in [0, 0.1) is 0 Å². The zero-order chi connectivity index (χ0) is 9.07. The molecule has 0 aromatic heterocycles. The Morgan fingerprint density at radius 2 is 1.91 bits per heavy atom. The molecular formula is C5H12N2O3S. The van der Waals surface area contributed by atoms with Gasteiger partial charge in [0.1, 0.15) is 0 Å². The SMILES string of the molecule is CNC(=O)C(C)NS(C)(=O)=O. The third-order valence-electron chi connectivity index (χ3n) is 1.03. The van der Waals surface area contributed by atoms with Crippen molar-refractivity contribution in [1.82, 2.24) is 10.0 Å². The van der Waals surface area contributed by atoms with Crippen molar-refractivity contribution < 1.29 is 13.2 Å². The van der Waals surface area contributed by atoms with E-state index in [1.165, 1.54) is 14.0 Å². The van der Waals surface area contributed by atoms with Crippen molar-refractivity contribution in [3.8, 4) is 0 Å². The van der Waals surface area contributed by atoms with Crippen LogP contribution in [0.25, 0.3) is 0 Å². The Hall–Kier alpha value is -0.620. The molecular weight excluding hydrogens is 168 g/mol. The van der Waals surface area contributed by atoms with Crippen molar-refractivity contribution in [2.24, 2.45) is 0 Å². The van der Waals surface area contributed by atoms with Gasteiger partial charge < -0.3 is 5.32 Å². The van der Waals surface area contributed by atoms with E-state index in [0.717, 1.165) is 6.26 Å². The van der Waals surface area contributed by atoms with E-state index in [0.29, 0.717) is 0 Å². The standard InChI is InChI=1S/C5H12N2O3S/c1-4(5(8)6-2)7-11(3,9)10/h4,7H,1-3H3,(H,6,8). The molecule has 66 valence electrons. The van der Waals surface area contributed by atoms with Crippen molar-refractivity contribution in [2.75, 3.05) is 13.3 Å². The fraction of sp³-hybridized carbons (Fsp3) is 0.800. The van der Waals surface area contributed by atoms with E-state index in [9.17, 15) is 13.2 Å². The third-order valence-corrected chi connectivity index (χ3v) is 1.81. The highest BCUT2D eigenvalue weighted by molar-refractivity contribution is 7.88. The van der Waals surface area contributed by atoms with Gasteiger partial charge in [0, 0.05) is 7.05 Å². The molecule has 0 aliphatic rings. The van der Waals surface area contributed by atoms with Gasteiger partial charge in [0.15, 0.2) is 0 Å². The van der Waals surface area contributed by atoms with Gasteiger partial charge in [0.2, 0.25) is 15.9 Å². The largest absolute Gasteiger partial charge is 0.358 e. The van der Waals surface area contributed by atoms with Crippen molar-refractivity contribution >= 4 is 15.9 Å². The second kappa shape index (κ2) is 3.68. The van der Waals surface area contributed by atoms with Gasteiger partial charge in [-0.3, -0.25) is 4.79 Å². The maximum atomic E-state index is 10.8. The summed E-state index contributed by atoms with van der Waals surface area (Å²) in [6.45, 7) is 1.47. The molecule has 0 fully saturated rings. The van der Waals surface area contributed by atoms with Gasteiger partial charge in [-0.05, 0) is 6.92 Å². The van der Waals surface area contributed by atoms with Crippen LogP contribution in [0.3, 0.4) is 0 Å². The number of hydrogen-bond acceptors (Lipinski definition) is 3. The van der Waals surface area contributed by atoms with Gasteiger partial charge in [-0.15, -0.1) is 0 Å². The van der Waals surface area contributed by atoms with E-state index < -0.39 is 16.1 Å². The molecule has 2 N–H and O–H groups in total. The Bertz CT molecular complexity index is 234. The summed E-state index contributed by atoms with van der Waals surface area (Å²) < 4.78 is 23.3. The Kier molecular flexibility index (Phi) is 3.47. The summed E-state index contributed by atoms with van der Waals surface area (Å²) in [5.41, 5.74) is 0. The van der Waals surface area contributed by atoms with E-state index in [-0.39, 0.29) is 5.91 Å². The zero-order valence-electron chi connectivity index (χ0n) is 6.71. The summed E-state index contributed by atoms with van der Waals surface area (Å²) in [4.78, 5) is 10.8. The molecule has 0 aliphatic carbocycles. The Morgan fingerprint density at radius 3 is 2.18 bits per heavy atom. The van der Waals surface area contributed by atoms with Crippen molar-refractivity contribution in [3.05, 3.63) is 0 Å². The topological polar surface area (TPSA) is 75.3 Å². The second-order valence-corrected chi connectivity index (χ2v) is 4.01. The number of carbonyl (C=O) groups is 1. The molecule has 1 atom stereocenters. The van der Waals surface area contributed by atoms with Crippen LogP contribution >= 0.6 is 0 Å². The molecule has 0 saturated carbocycles. The summed E-state index contributed by atoms with van der Waals surface area (Å²) >= 11 is 0. The van der Waals surface area contributed by atoms with Crippen LogP contribution in [0.1, 0.15) is 6.92 Å². The Morgan fingerprint density at radius 1 is 1.45 bits per heavy atom. The molecule has 0 aromatic carbocycles. The fourth-order valence-corrected chi connectivity index (χ4v) is 1.34. The van der Waals surface area contributed by atoms with Crippen molar-refractivity contribution in [1.29, 1.82) is 0 Å². The first-order valence-electron chi connectivity index (χ1n) is 3.05. The number of rotatable bonds is 3. The summed E-state index contributed by atoms with van der Waals surface area (Å²) in [5, 5.41) is 2.32. The van der Waals surface area contributed by atoms with Crippen LogP contribution in [0.2, 0.25) is 0 Å². The predicted molar refractivity (Wildman–Crippen MR) is 41.5 cm³/mol. The number of sulfonamides is 1. The molecule has 0 bridgehead atoms. The van der Waals surface area contributed by atoms with Crippen LogP contribution in [-0.4, -0.2) is 33.7 Å². The summed E-state index contributed by atoms with van der Waals surface area (Å²) in [6.07, 6.45) is 1.01. The highest BCUT2D eigenvalue weighted by Gasteiger charge is 2.14. The number of amides is 1. The van der Waals surface area contributed by atoms with Crippen LogP contribution in [-0.2, 0) is 14.8 Å². The first-order valence-corrected chi connectivity index (χ1v) is 4.95. The monoisotopic (exact) mass is 180 g/mol. The van der Waals surface area contributed by atoms with Crippen molar-refractivity contribution in [2.45, 2.75) is 13.0 Å². The average Bonchev–Trinajstić information content (AvgIpc) is 1.82. The molecule has 0 rings (SSSR count). The van der Waals surface area contributed by atoms with Gasteiger partial charge in [-0.1, -0.05) is 0 Å². The summed E-state index contributed by atoms with van der Waals surface area (Å²) in [7, 11) is -1.84. The number of carbonyl (C=O) groups excluding carboxylic acids is 1. The van der Waals surface area contributed by atoms with E-state index in [1.807, 2.05) is 0 Å². The number of likely N-dealkylation sites (N-methyl/N-ethyl adjacent to an activating group) is 1. The zero-order valence-corrected chi connectivity index (χ0v) is 7.53. The quantitative estimate of drug-likeness (QED) is 0.565. The van der Waals surface area contributed by atoms with Crippen molar-refractivity contribution in [3.63, 3.8) is 0 Å². The first kappa shape index (κ1) is 10.4. The molecule has 6 heteroatoms. The summed E-state index contributed by atoms with van der Waals surface area (Å²) in [6, 6.07) is -0.713. The van der Waals surface area contributed by atoms with Gasteiger partial charge >= 0.3 is 0 Å². The molecule has 0 heterocycles. The van der Waals surface area contributed by atoms with Crippen LogP contribution < -0.4 is 10.0 Å². The second-order valence-electron chi connectivity index (χ2n) is 2.23. The minimum absolute atomic E-state index is 0.351. The normalized spacial score (nSPS) is 14.1. The molecule has 0 aliphatic heterocycles. The lowest BCUT2D eigenvalue weighted by Crippen LogP contribution is -2.43. The molecule has 0 radical (unpaired) electrons. The molecule has 0 aromatic rings.